The maximum absolute atomic E-state index is 5.92. The Hall–Kier alpha value is -0.160. The fraction of sp³-hybridized carbons (Fsp3) is 1.00. The SMILES string of the molecule is CC(C)CCCCCOCCCCCCCCCCCOCCN1CCN(CCCC(C)C)CC1. The van der Waals surface area contributed by atoms with Gasteiger partial charge >= 0.3 is 0 Å². The van der Waals surface area contributed by atoms with Crippen LogP contribution in [-0.2, 0) is 9.47 Å². The molecule has 0 amide bonds. The second-order valence-electron chi connectivity index (χ2n) is 11.9. The molecule has 0 aromatic heterocycles. The second kappa shape index (κ2) is 24.2. The third-order valence-electron chi connectivity index (χ3n) is 7.42. The van der Waals surface area contributed by atoms with E-state index in [0.29, 0.717) is 0 Å². The highest BCUT2D eigenvalue weighted by Gasteiger charge is 2.16. The molecule has 0 aromatic rings. The van der Waals surface area contributed by atoms with Crippen LogP contribution in [0, 0.1) is 11.8 Å². The Morgan fingerprint density at radius 1 is 0.429 bits per heavy atom. The average Bonchev–Trinajstić information content (AvgIpc) is 2.83. The molecule has 1 rings (SSSR count). The summed E-state index contributed by atoms with van der Waals surface area (Å²) in [5.74, 6) is 1.69. The summed E-state index contributed by atoms with van der Waals surface area (Å²) in [7, 11) is 0. The molecule has 1 fully saturated rings. The van der Waals surface area contributed by atoms with E-state index in [1.807, 2.05) is 0 Å². The van der Waals surface area contributed by atoms with Crippen LogP contribution < -0.4 is 0 Å². The molecule has 0 radical (unpaired) electrons. The van der Waals surface area contributed by atoms with E-state index in [2.05, 4.69) is 37.5 Å². The molecule has 0 aromatic carbocycles. The molecule has 210 valence electrons. The predicted octanol–water partition coefficient (Wildman–Crippen LogP) is 7.80. The van der Waals surface area contributed by atoms with Crippen molar-refractivity contribution in [2.75, 3.05) is 65.7 Å². The summed E-state index contributed by atoms with van der Waals surface area (Å²) in [4.78, 5) is 5.23. The largest absolute Gasteiger partial charge is 0.381 e. The van der Waals surface area contributed by atoms with Crippen LogP contribution >= 0.6 is 0 Å². The van der Waals surface area contributed by atoms with Gasteiger partial charge in [-0.25, -0.2) is 0 Å². The van der Waals surface area contributed by atoms with E-state index in [9.17, 15) is 0 Å². The number of ether oxygens (including phenoxy) is 2. The molecule has 1 aliphatic rings. The van der Waals surface area contributed by atoms with Crippen LogP contribution in [0.15, 0.2) is 0 Å². The third-order valence-corrected chi connectivity index (χ3v) is 7.42. The van der Waals surface area contributed by atoms with Gasteiger partial charge < -0.3 is 14.4 Å². The number of hydrogen-bond acceptors (Lipinski definition) is 4. The van der Waals surface area contributed by atoms with Gasteiger partial charge in [0.15, 0.2) is 0 Å². The first-order chi connectivity index (χ1) is 17.1. The van der Waals surface area contributed by atoms with Gasteiger partial charge in [0.1, 0.15) is 0 Å². The lowest BCUT2D eigenvalue weighted by molar-refractivity contribution is 0.0732. The van der Waals surface area contributed by atoms with Gasteiger partial charge in [-0.05, 0) is 50.5 Å². The normalized spacial score (nSPS) is 15.6. The van der Waals surface area contributed by atoms with E-state index in [-0.39, 0.29) is 0 Å². The van der Waals surface area contributed by atoms with E-state index in [4.69, 9.17) is 9.47 Å². The van der Waals surface area contributed by atoms with Crippen LogP contribution in [0.3, 0.4) is 0 Å². The summed E-state index contributed by atoms with van der Waals surface area (Å²) in [6.07, 6.45) is 20.1. The van der Waals surface area contributed by atoms with Gasteiger partial charge in [-0.2, -0.15) is 0 Å². The van der Waals surface area contributed by atoms with Crippen LogP contribution in [0.1, 0.15) is 124 Å². The molecule has 0 aliphatic carbocycles. The summed E-state index contributed by atoms with van der Waals surface area (Å²) in [6, 6.07) is 0. The van der Waals surface area contributed by atoms with Gasteiger partial charge in [-0.3, -0.25) is 4.90 Å². The molecule has 0 N–H and O–H groups in total. The van der Waals surface area contributed by atoms with E-state index in [1.54, 1.807) is 0 Å². The van der Waals surface area contributed by atoms with Gasteiger partial charge in [0.25, 0.3) is 0 Å². The number of unbranched alkanes of at least 4 members (excludes halogenated alkanes) is 10. The quantitative estimate of drug-likeness (QED) is 0.120. The first-order valence-corrected chi connectivity index (χ1v) is 15.7. The lowest BCUT2D eigenvalue weighted by atomic mass is 10.1. The van der Waals surface area contributed by atoms with Crippen molar-refractivity contribution >= 4 is 0 Å². The van der Waals surface area contributed by atoms with Gasteiger partial charge in [0.2, 0.25) is 0 Å². The molecule has 0 unspecified atom stereocenters. The second-order valence-corrected chi connectivity index (χ2v) is 11.9. The number of rotatable bonds is 25. The lowest BCUT2D eigenvalue weighted by Crippen LogP contribution is -2.47. The van der Waals surface area contributed by atoms with Gasteiger partial charge in [0, 0.05) is 52.5 Å². The van der Waals surface area contributed by atoms with Crippen molar-refractivity contribution in [2.24, 2.45) is 11.8 Å². The summed E-state index contributed by atoms with van der Waals surface area (Å²) in [6.45, 7) is 20.4. The fourth-order valence-electron chi connectivity index (χ4n) is 4.94. The fourth-order valence-corrected chi connectivity index (χ4v) is 4.94. The maximum atomic E-state index is 5.92. The zero-order chi connectivity index (χ0) is 25.4. The van der Waals surface area contributed by atoms with Gasteiger partial charge in [0.05, 0.1) is 6.61 Å². The summed E-state index contributed by atoms with van der Waals surface area (Å²) < 4.78 is 11.7. The molecule has 1 aliphatic heterocycles. The highest BCUT2D eigenvalue weighted by atomic mass is 16.5. The predicted molar refractivity (Wildman–Crippen MR) is 153 cm³/mol. The van der Waals surface area contributed by atoms with Crippen LogP contribution in [0.25, 0.3) is 0 Å². The molecule has 1 saturated heterocycles. The van der Waals surface area contributed by atoms with E-state index < -0.39 is 0 Å². The van der Waals surface area contributed by atoms with E-state index >= 15 is 0 Å². The first kappa shape index (κ1) is 32.9. The minimum Gasteiger partial charge on any atom is -0.381 e. The zero-order valence-electron chi connectivity index (χ0n) is 24.5. The van der Waals surface area contributed by atoms with Crippen molar-refractivity contribution < 1.29 is 9.47 Å². The molecule has 0 bridgehead atoms. The van der Waals surface area contributed by atoms with Gasteiger partial charge in [-0.1, -0.05) is 91.9 Å². The Balaban J connectivity index is 1.71. The first-order valence-electron chi connectivity index (χ1n) is 15.7. The number of nitrogens with zero attached hydrogens (tertiary/aromatic N) is 2. The van der Waals surface area contributed by atoms with Crippen LogP contribution in [0.5, 0.6) is 0 Å². The molecule has 1 heterocycles. The maximum Gasteiger partial charge on any atom is 0.0593 e. The zero-order valence-corrected chi connectivity index (χ0v) is 24.5. The molecular formula is C31H64N2O2. The molecule has 4 nitrogen and oxygen atoms in total. The Bertz CT molecular complexity index is 422. The standard InChI is InChI=1S/C31H64N2O2/c1-30(2)18-13-12-16-27-34-26-14-10-8-6-5-7-9-11-15-28-35-29-25-33-23-21-32(22-24-33)20-17-19-31(3)4/h30-31H,5-29H2,1-4H3. The van der Waals surface area contributed by atoms with Crippen molar-refractivity contribution in [3.63, 3.8) is 0 Å². The Morgan fingerprint density at radius 2 is 0.800 bits per heavy atom. The molecule has 0 atom stereocenters. The minimum atomic E-state index is 0.841. The topological polar surface area (TPSA) is 24.9 Å². The summed E-state index contributed by atoms with van der Waals surface area (Å²) in [5.41, 5.74) is 0. The van der Waals surface area contributed by atoms with Crippen molar-refractivity contribution in [2.45, 2.75) is 124 Å². The van der Waals surface area contributed by atoms with Crippen molar-refractivity contribution in [1.82, 2.24) is 9.80 Å². The average molecular weight is 497 g/mol. The monoisotopic (exact) mass is 496 g/mol. The van der Waals surface area contributed by atoms with E-state index in [1.165, 1.54) is 129 Å². The minimum absolute atomic E-state index is 0.841. The molecular weight excluding hydrogens is 432 g/mol. The number of piperazine rings is 1. The third kappa shape index (κ3) is 22.7. The molecule has 35 heavy (non-hydrogen) atoms. The van der Waals surface area contributed by atoms with Crippen LogP contribution in [-0.4, -0.2) is 75.5 Å². The molecule has 0 saturated carbocycles. The van der Waals surface area contributed by atoms with Crippen molar-refractivity contribution in [1.29, 1.82) is 0 Å². The molecule has 0 spiro atoms. The smallest absolute Gasteiger partial charge is 0.0593 e. The highest BCUT2D eigenvalue weighted by molar-refractivity contribution is 4.71. The summed E-state index contributed by atoms with van der Waals surface area (Å²) in [5, 5.41) is 0. The number of hydrogen-bond donors (Lipinski definition) is 0. The Morgan fingerprint density at radius 3 is 1.29 bits per heavy atom. The lowest BCUT2D eigenvalue weighted by Gasteiger charge is -2.34. The molecule has 4 heteroatoms. The van der Waals surface area contributed by atoms with Crippen molar-refractivity contribution in [3.05, 3.63) is 0 Å². The van der Waals surface area contributed by atoms with Crippen LogP contribution in [0.4, 0.5) is 0 Å². The highest BCUT2D eigenvalue weighted by Crippen LogP contribution is 2.11. The Labute approximate surface area is 220 Å². The summed E-state index contributed by atoms with van der Waals surface area (Å²) >= 11 is 0. The van der Waals surface area contributed by atoms with Crippen molar-refractivity contribution in [3.8, 4) is 0 Å². The van der Waals surface area contributed by atoms with Crippen LogP contribution in [0.2, 0.25) is 0 Å². The Kier molecular flexibility index (Phi) is 22.7. The van der Waals surface area contributed by atoms with Gasteiger partial charge in [-0.15, -0.1) is 0 Å². The van der Waals surface area contributed by atoms with E-state index in [0.717, 1.165) is 44.8 Å².